The molecule has 0 saturated heterocycles. The highest BCUT2D eigenvalue weighted by Crippen LogP contribution is 2.17. The van der Waals surface area contributed by atoms with Crippen molar-refractivity contribution in [3.63, 3.8) is 0 Å². The SMILES string of the molecule is Cl.NC(=O)[C@H](Cc1ccccc1)Nc1ccc([N+](=O)[O-])cc1. The van der Waals surface area contributed by atoms with E-state index >= 15 is 0 Å². The number of benzene rings is 2. The third kappa shape index (κ3) is 4.75. The number of nitrogens with zero attached hydrogens (tertiary/aromatic N) is 1. The minimum absolute atomic E-state index is 0. The lowest BCUT2D eigenvalue weighted by atomic mass is 10.1. The number of nitrogens with two attached hydrogens (primary N) is 1. The minimum atomic E-state index is -0.575. The molecule has 116 valence electrons. The Labute approximate surface area is 133 Å². The number of anilines is 1. The molecular formula is C15H16ClN3O3. The summed E-state index contributed by atoms with van der Waals surface area (Å²) in [5.74, 6) is -0.475. The molecule has 0 fully saturated rings. The van der Waals surface area contributed by atoms with Crippen LogP contribution >= 0.6 is 12.4 Å². The number of hydrogen-bond donors (Lipinski definition) is 2. The first kappa shape index (κ1) is 17.5. The van der Waals surface area contributed by atoms with Crippen LogP contribution in [0, 0.1) is 10.1 Å². The Balaban J connectivity index is 0.00000242. The summed E-state index contributed by atoms with van der Waals surface area (Å²) in [6, 6.07) is 14.8. The molecule has 22 heavy (non-hydrogen) atoms. The molecule has 2 aromatic carbocycles. The zero-order chi connectivity index (χ0) is 15.2. The van der Waals surface area contributed by atoms with E-state index in [9.17, 15) is 14.9 Å². The highest BCUT2D eigenvalue weighted by atomic mass is 35.5. The van der Waals surface area contributed by atoms with E-state index in [4.69, 9.17) is 5.73 Å². The van der Waals surface area contributed by atoms with Crippen molar-refractivity contribution in [1.82, 2.24) is 0 Å². The fourth-order valence-corrected chi connectivity index (χ4v) is 1.95. The van der Waals surface area contributed by atoms with Crippen LogP contribution in [-0.4, -0.2) is 16.9 Å². The van der Waals surface area contributed by atoms with Crippen LogP contribution < -0.4 is 11.1 Å². The first-order valence-corrected chi connectivity index (χ1v) is 6.40. The van der Waals surface area contributed by atoms with E-state index in [1.54, 1.807) is 12.1 Å². The van der Waals surface area contributed by atoms with Gasteiger partial charge in [0, 0.05) is 24.2 Å². The van der Waals surface area contributed by atoms with Crippen molar-refractivity contribution in [3.05, 3.63) is 70.3 Å². The number of carbonyl (C=O) groups is 1. The van der Waals surface area contributed by atoms with Gasteiger partial charge in [-0.15, -0.1) is 12.4 Å². The summed E-state index contributed by atoms with van der Waals surface area (Å²) < 4.78 is 0. The molecule has 0 aromatic heterocycles. The lowest BCUT2D eigenvalue weighted by molar-refractivity contribution is -0.384. The number of halogens is 1. The first-order valence-electron chi connectivity index (χ1n) is 6.40. The Bertz CT molecular complexity index is 632. The van der Waals surface area contributed by atoms with Gasteiger partial charge >= 0.3 is 0 Å². The van der Waals surface area contributed by atoms with Crippen LogP contribution in [0.1, 0.15) is 5.56 Å². The Morgan fingerprint density at radius 2 is 1.73 bits per heavy atom. The Morgan fingerprint density at radius 3 is 2.23 bits per heavy atom. The summed E-state index contributed by atoms with van der Waals surface area (Å²) in [6.07, 6.45) is 0.452. The lowest BCUT2D eigenvalue weighted by Gasteiger charge is -2.16. The van der Waals surface area contributed by atoms with Crippen LogP contribution in [0.5, 0.6) is 0 Å². The predicted octanol–water partition coefficient (Wildman–Crippen LogP) is 2.53. The number of carbonyl (C=O) groups excluding carboxylic acids is 1. The van der Waals surface area contributed by atoms with Crippen LogP contribution in [-0.2, 0) is 11.2 Å². The largest absolute Gasteiger partial charge is 0.373 e. The fourth-order valence-electron chi connectivity index (χ4n) is 1.95. The van der Waals surface area contributed by atoms with E-state index in [-0.39, 0.29) is 18.1 Å². The molecule has 2 aromatic rings. The van der Waals surface area contributed by atoms with Crippen molar-refractivity contribution in [1.29, 1.82) is 0 Å². The maximum Gasteiger partial charge on any atom is 0.269 e. The number of primary amides is 1. The number of hydrogen-bond acceptors (Lipinski definition) is 4. The molecule has 0 bridgehead atoms. The normalized spacial score (nSPS) is 11.1. The van der Waals surface area contributed by atoms with Crippen LogP contribution in [0.4, 0.5) is 11.4 Å². The van der Waals surface area contributed by atoms with Crippen LogP contribution in [0.15, 0.2) is 54.6 Å². The Morgan fingerprint density at radius 1 is 1.14 bits per heavy atom. The number of rotatable bonds is 6. The molecule has 1 amide bonds. The van der Waals surface area contributed by atoms with Gasteiger partial charge in [-0.1, -0.05) is 30.3 Å². The number of non-ortho nitro benzene ring substituents is 1. The van der Waals surface area contributed by atoms with E-state index in [1.165, 1.54) is 12.1 Å². The summed E-state index contributed by atoms with van der Waals surface area (Å²) in [7, 11) is 0. The zero-order valence-corrected chi connectivity index (χ0v) is 12.5. The summed E-state index contributed by atoms with van der Waals surface area (Å²) >= 11 is 0. The van der Waals surface area contributed by atoms with E-state index in [0.29, 0.717) is 12.1 Å². The van der Waals surface area contributed by atoms with Crippen molar-refractivity contribution in [2.75, 3.05) is 5.32 Å². The molecule has 1 atom stereocenters. The number of nitrogens with one attached hydrogen (secondary N) is 1. The van der Waals surface area contributed by atoms with Gasteiger partial charge in [0.2, 0.25) is 5.91 Å². The van der Waals surface area contributed by atoms with Gasteiger partial charge in [-0.25, -0.2) is 0 Å². The van der Waals surface area contributed by atoms with Gasteiger partial charge in [0.1, 0.15) is 6.04 Å². The number of nitro groups is 1. The van der Waals surface area contributed by atoms with E-state index in [2.05, 4.69) is 5.32 Å². The summed E-state index contributed by atoms with van der Waals surface area (Å²) in [5, 5.41) is 13.6. The monoisotopic (exact) mass is 321 g/mol. The smallest absolute Gasteiger partial charge is 0.269 e. The molecule has 0 saturated carbocycles. The van der Waals surface area contributed by atoms with Gasteiger partial charge in [-0.3, -0.25) is 14.9 Å². The average molecular weight is 322 g/mol. The predicted molar refractivity (Wildman–Crippen MR) is 87.1 cm³/mol. The molecule has 0 aliphatic heterocycles. The van der Waals surface area contributed by atoms with Gasteiger partial charge < -0.3 is 11.1 Å². The minimum Gasteiger partial charge on any atom is -0.373 e. The Kier molecular flexibility index (Phi) is 6.34. The van der Waals surface area contributed by atoms with Crippen LogP contribution in [0.2, 0.25) is 0 Å². The highest BCUT2D eigenvalue weighted by molar-refractivity contribution is 5.85. The topological polar surface area (TPSA) is 98.3 Å². The maximum absolute atomic E-state index is 11.5. The molecular weight excluding hydrogens is 306 g/mol. The number of nitro benzene ring substituents is 1. The second kappa shape index (κ2) is 7.99. The van der Waals surface area contributed by atoms with E-state index in [0.717, 1.165) is 5.56 Å². The van der Waals surface area contributed by atoms with Crippen molar-refractivity contribution in [2.45, 2.75) is 12.5 Å². The Hall–Kier alpha value is -2.60. The third-order valence-electron chi connectivity index (χ3n) is 3.05. The van der Waals surface area contributed by atoms with Crippen molar-refractivity contribution in [3.8, 4) is 0 Å². The molecule has 0 spiro atoms. The summed E-state index contributed by atoms with van der Waals surface area (Å²) in [4.78, 5) is 21.7. The van der Waals surface area contributed by atoms with Gasteiger partial charge in [0.25, 0.3) is 5.69 Å². The molecule has 0 unspecified atom stereocenters. The quantitative estimate of drug-likeness (QED) is 0.631. The lowest BCUT2D eigenvalue weighted by Crippen LogP contribution is -2.37. The van der Waals surface area contributed by atoms with Gasteiger partial charge in [0.15, 0.2) is 0 Å². The second-order valence-corrected chi connectivity index (χ2v) is 4.59. The van der Waals surface area contributed by atoms with Gasteiger partial charge in [-0.05, 0) is 17.7 Å². The molecule has 0 aliphatic carbocycles. The third-order valence-corrected chi connectivity index (χ3v) is 3.05. The van der Waals surface area contributed by atoms with Gasteiger partial charge in [-0.2, -0.15) is 0 Å². The highest BCUT2D eigenvalue weighted by Gasteiger charge is 2.16. The summed E-state index contributed by atoms with van der Waals surface area (Å²) in [5.41, 5.74) is 6.99. The average Bonchev–Trinajstić information content (AvgIpc) is 2.48. The molecule has 6 nitrogen and oxygen atoms in total. The molecule has 2 rings (SSSR count). The first-order chi connectivity index (χ1) is 10.1. The molecule has 0 heterocycles. The second-order valence-electron chi connectivity index (χ2n) is 4.59. The number of amides is 1. The maximum atomic E-state index is 11.5. The molecule has 7 heteroatoms. The standard InChI is InChI=1S/C15H15N3O3.ClH/c16-15(19)14(10-11-4-2-1-3-5-11)17-12-6-8-13(9-7-12)18(20)21;/h1-9,14,17H,10H2,(H2,16,19);1H/t14-;/m0./s1. The van der Waals surface area contributed by atoms with Crippen LogP contribution in [0.25, 0.3) is 0 Å². The molecule has 3 N–H and O–H groups in total. The van der Waals surface area contributed by atoms with E-state index in [1.807, 2.05) is 30.3 Å². The fraction of sp³-hybridized carbons (Fsp3) is 0.133. The molecule has 0 radical (unpaired) electrons. The van der Waals surface area contributed by atoms with Crippen molar-refractivity contribution >= 4 is 29.7 Å². The van der Waals surface area contributed by atoms with Crippen molar-refractivity contribution < 1.29 is 9.72 Å². The summed E-state index contributed by atoms with van der Waals surface area (Å²) in [6.45, 7) is 0. The van der Waals surface area contributed by atoms with Crippen molar-refractivity contribution in [2.24, 2.45) is 5.73 Å². The van der Waals surface area contributed by atoms with Gasteiger partial charge in [0.05, 0.1) is 4.92 Å². The van der Waals surface area contributed by atoms with E-state index < -0.39 is 16.9 Å². The zero-order valence-electron chi connectivity index (χ0n) is 11.6. The van der Waals surface area contributed by atoms with Crippen LogP contribution in [0.3, 0.4) is 0 Å². The molecule has 0 aliphatic rings.